The Balaban J connectivity index is 1.90. The highest BCUT2D eigenvalue weighted by Crippen LogP contribution is 2.13. The second-order valence-corrected chi connectivity index (χ2v) is 9.12. The minimum atomic E-state index is -3.68. The molecule has 1 aromatic carbocycles. The molecular formula is C13H21N3O4S2. The van der Waals surface area contributed by atoms with Gasteiger partial charge in [-0.2, -0.15) is 0 Å². The van der Waals surface area contributed by atoms with Crippen molar-refractivity contribution >= 4 is 20.0 Å². The maximum atomic E-state index is 12.2. The number of piperidine rings is 1. The summed E-state index contributed by atoms with van der Waals surface area (Å²) in [6.07, 6.45) is 1.27. The summed E-state index contributed by atoms with van der Waals surface area (Å²) in [6, 6.07) is 7.91. The first kappa shape index (κ1) is 17.4. The molecule has 0 aliphatic carbocycles. The molecule has 9 heteroatoms. The molecule has 0 amide bonds. The van der Waals surface area contributed by atoms with Crippen LogP contribution in [-0.2, 0) is 20.0 Å². The van der Waals surface area contributed by atoms with E-state index in [1.807, 2.05) is 0 Å². The number of benzene rings is 1. The van der Waals surface area contributed by atoms with Crippen LogP contribution in [0, 0.1) is 0 Å². The Morgan fingerprint density at radius 2 is 1.68 bits per heavy atom. The molecule has 1 heterocycles. The first-order valence-corrected chi connectivity index (χ1v) is 10.2. The molecule has 2 rings (SSSR count). The van der Waals surface area contributed by atoms with Gasteiger partial charge in [-0.15, -0.1) is 0 Å². The van der Waals surface area contributed by atoms with Gasteiger partial charge < -0.3 is 5.73 Å². The molecule has 0 atom stereocenters. The molecule has 1 aliphatic rings. The van der Waals surface area contributed by atoms with Crippen LogP contribution >= 0.6 is 0 Å². The smallest absolute Gasteiger partial charge is 0.240 e. The highest BCUT2D eigenvalue weighted by molar-refractivity contribution is 7.90. The van der Waals surface area contributed by atoms with Gasteiger partial charge in [-0.05, 0) is 25.0 Å². The number of nitrogens with zero attached hydrogens (tertiary/aromatic N) is 1. The number of hydrogen-bond acceptors (Lipinski definition) is 5. The average Bonchev–Trinajstić information content (AvgIpc) is 2.48. The quantitative estimate of drug-likeness (QED) is 0.735. The second kappa shape index (κ2) is 7.05. The first-order chi connectivity index (χ1) is 10.3. The van der Waals surface area contributed by atoms with Crippen molar-refractivity contribution in [3.8, 4) is 0 Å². The van der Waals surface area contributed by atoms with Crippen molar-refractivity contribution in [2.24, 2.45) is 5.73 Å². The van der Waals surface area contributed by atoms with Crippen LogP contribution in [0.1, 0.15) is 12.8 Å². The van der Waals surface area contributed by atoms with Crippen LogP contribution in [0.15, 0.2) is 35.2 Å². The van der Waals surface area contributed by atoms with Gasteiger partial charge in [-0.3, -0.25) is 0 Å². The van der Waals surface area contributed by atoms with E-state index in [9.17, 15) is 16.8 Å². The standard InChI is InChI=1S/C13H21N3O4S2/c14-12-6-9-16(10-7-12)21(17,18)11-8-15-22(19,20)13-4-2-1-3-5-13/h1-5,12,15H,6-11,14H2. The van der Waals surface area contributed by atoms with Crippen LogP contribution in [-0.4, -0.2) is 52.6 Å². The fourth-order valence-corrected chi connectivity index (χ4v) is 4.84. The minimum absolute atomic E-state index is 0.0445. The Morgan fingerprint density at radius 1 is 1.09 bits per heavy atom. The molecule has 1 saturated heterocycles. The number of rotatable bonds is 6. The Hall–Kier alpha value is -1.00. The third kappa shape index (κ3) is 4.50. The van der Waals surface area contributed by atoms with Crippen molar-refractivity contribution in [3.05, 3.63) is 30.3 Å². The molecule has 1 fully saturated rings. The summed E-state index contributed by atoms with van der Waals surface area (Å²) in [4.78, 5) is 0.122. The van der Waals surface area contributed by atoms with Gasteiger partial charge in [0.2, 0.25) is 20.0 Å². The van der Waals surface area contributed by atoms with Crippen LogP contribution in [0.4, 0.5) is 0 Å². The van der Waals surface area contributed by atoms with Crippen LogP contribution < -0.4 is 10.5 Å². The molecule has 0 spiro atoms. The zero-order chi connectivity index (χ0) is 16.2. The van der Waals surface area contributed by atoms with Gasteiger partial charge in [-0.25, -0.2) is 25.9 Å². The normalized spacial score (nSPS) is 18.4. The monoisotopic (exact) mass is 347 g/mol. The Bertz CT molecular complexity index is 681. The van der Waals surface area contributed by atoms with E-state index in [1.54, 1.807) is 18.2 Å². The van der Waals surface area contributed by atoms with Gasteiger partial charge in [0.05, 0.1) is 10.6 Å². The number of nitrogens with one attached hydrogen (secondary N) is 1. The van der Waals surface area contributed by atoms with Crippen LogP contribution in [0.5, 0.6) is 0 Å². The van der Waals surface area contributed by atoms with Crippen LogP contribution in [0.25, 0.3) is 0 Å². The summed E-state index contributed by atoms with van der Waals surface area (Å²) < 4.78 is 52.0. The summed E-state index contributed by atoms with van der Waals surface area (Å²) in [6.45, 7) is 0.645. The molecule has 124 valence electrons. The van der Waals surface area contributed by atoms with E-state index in [0.717, 1.165) is 0 Å². The van der Waals surface area contributed by atoms with Gasteiger partial charge in [0.1, 0.15) is 0 Å². The Kier molecular flexibility index (Phi) is 5.56. The summed E-state index contributed by atoms with van der Waals surface area (Å²) in [7, 11) is -7.14. The molecule has 1 aliphatic heterocycles. The molecule has 0 bridgehead atoms. The highest BCUT2D eigenvalue weighted by atomic mass is 32.2. The van der Waals surface area contributed by atoms with E-state index in [0.29, 0.717) is 25.9 Å². The molecule has 0 radical (unpaired) electrons. The third-order valence-corrected chi connectivity index (χ3v) is 6.95. The largest absolute Gasteiger partial charge is 0.328 e. The molecule has 1 aromatic rings. The summed E-state index contributed by atoms with van der Waals surface area (Å²) in [5, 5.41) is 0. The van der Waals surface area contributed by atoms with Gasteiger partial charge in [0.15, 0.2) is 0 Å². The van der Waals surface area contributed by atoms with E-state index < -0.39 is 20.0 Å². The molecule has 3 N–H and O–H groups in total. The lowest BCUT2D eigenvalue weighted by molar-refractivity contribution is 0.320. The van der Waals surface area contributed by atoms with Gasteiger partial charge >= 0.3 is 0 Å². The van der Waals surface area contributed by atoms with Crippen molar-refractivity contribution < 1.29 is 16.8 Å². The Labute approximate surface area is 131 Å². The highest BCUT2D eigenvalue weighted by Gasteiger charge is 2.26. The summed E-state index contributed by atoms with van der Waals surface area (Å²) in [5.41, 5.74) is 5.75. The van der Waals surface area contributed by atoms with Crippen LogP contribution in [0.3, 0.4) is 0 Å². The lowest BCUT2D eigenvalue weighted by Gasteiger charge is -2.29. The molecule has 0 aromatic heterocycles. The van der Waals surface area contributed by atoms with Crippen molar-refractivity contribution in [1.29, 1.82) is 0 Å². The zero-order valence-electron chi connectivity index (χ0n) is 12.2. The lowest BCUT2D eigenvalue weighted by atomic mass is 10.1. The maximum absolute atomic E-state index is 12.2. The number of nitrogens with two attached hydrogens (primary N) is 1. The fraction of sp³-hybridized carbons (Fsp3) is 0.538. The van der Waals surface area contributed by atoms with Crippen LogP contribution in [0.2, 0.25) is 0 Å². The molecular weight excluding hydrogens is 326 g/mol. The zero-order valence-corrected chi connectivity index (χ0v) is 13.8. The van der Waals surface area contributed by atoms with Crippen molar-refractivity contribution in [2.45, 2.75) is 23.8 Å². The molecule has 22 heavy (non-hydrogen) atoms. The molecule has 0 unspecified atom stereocenters. The van der Waals surface area contributed by atoms with E-state index in [2.05, 4.69) is 4.72 Å². The lowest BCUT2D eigenvalue weighted by Crippen LogP contribution is -2.45. The molecule has 7 nitrogen and oxygen atoms in total. The number of sulfonamides is 2. The van der Waals surface area contributed by atoms with E-state index in [1.165, 1.54) is 16.4 Å². The van der Waals surface area contributed by atoms with E-state index in [4.69, 9.17) is 5.73 Å². The fourth-order valence-electron chi connectivity index (χ4n) is 2.27. The van der Waals surface area contributed by atoms with Crippen molar-refractivity contribution in [2.75, 3.05) is 25.4 Å². The van der Waals surface area contributed by atoms with Gasteiger partial charge in [0.25, 0.3) is 0 Å². The van der Waals surface area contributed by atoms with Gasteiger partial charge in [-0.1, -0.05) is 18.2 Å². The summed E-state index contributed by atoms with van der Waals surface area (Å²) >= 11 is 0. The summed E-state index contributed by atoms with van der Waals surface area (Å²) in [5.74, 6) is -0.256. The predicted octanol–water partition coefficient (Wildman–Crippen LogP) is -0.282. The Morgan fingerprint density at radius 3 is 2.27 bits per heavy atom. The van der Waals surface area contributed by atoms with Crippen molar-refractivity contribution in [1.82, 2.24) is 9.03 Å². The minimum Gasteiger partial charge on any atom is -0.328 e. The first-order valence-electron chi connectivity index (χ1n) is 7.09. The second-order valence-electron chi connectivity index (χ2n) is 5.26. The predicted molar refractivity (Wildman–Crippen MR) is 84.2 cm³/mol. The van der Waals surface area contributed by atoms with Gasteiger partial charge in [0, 0.05) is 25.7 Å². The topological polar surface area (TPSA) is 110 Å². The van der Waals surface area contributed by atoms with E-state index >= 15 is 0 Å². The number of hydrogen-bond donors (Lipinski definition) is 2. The molecule has 0 saturated carbocycles. The third-order valence-electron chi connectivity index (χ3n) is 3.60. The van der Waals surface area contributed by atoms with Crippen molar-refractivity contribution in [3.63, 3.8) is 0 Å². The van der Waals surface area contributed by atoms with E-state index in [-0.39, 0.29) is 23.2 Å². The maximum Gasteiger partial charge on any atom is 0.240 e. The average molecular weight is 347 g/mol. The SMILES string of the molecule is NC1CCN(S(=O)(=O)CCNS(=O)(=O)c2ccccc2)CC1.